The number of aryl methyl sites for hydroxylation is 2. The van der Waals surface area contributed by atoms with Gasteiger partial charge in [-0.1, -0.05) is 117 Å². The number of hydrogen-bond acceptors (Lipinski definition) is 3. The van der Waals surface area contributed by atoms with E-state index in [4.69, 9.17) is 0 Å². The largest absolute Gasteiger partial charge is 0.508 e. The smallest absolute Gasteiger partial charge is 0.120 e. The summed E-state index contributed by atoms with van der Waals surface area (Å²) in [5.74, 6) is 0.929. The van der Waals surface area contributed by atoms with Crippen molar-refractivity contribution in [1.29, 1.82) is 0 Å². The van der Waals surface area contributed by atoms with Crippen molar-refractivity contribution in [2.45, 2.75) is 166 Å². The van der Waals surface area contributed by atoms with Crippen LogP contribution < -0.4 is 0 Å². The van der Waals surface area contributed by atoms with Gasteiger partial charge in [-0.15, -0.1) is 0 Å². The highest BCUT2D eigenvalue weighted by atomic mass is 32.2. The fourth-order valence-electron chi connectivity index (χ4n) is 5.43. The summed E-state index contributed by atoms with van der Waals surface area (Å²) in [6.45, 7) is 8.99. The molecule has 2 N–H and O–H groups in total. The van der Waals surface area contributed by atoms with Gasteiger partial charge in [-0.3, -0.25) is 0 Å². The maximum Gasteiger partial charge on any atom is 0.120 e. The molecule has 220 valence electrons. The molecule has 3 heteroatoms. The number of rotatable bonds is 22. The molecule has 0 spiro atoms. The van der Waals surface area contributed by atoms with Crippen molar-refractivity contribution < 1.29 is 10.2 Å². The minimum absolute atomic E-state index is 0.464. The molecule has 0 radical (unpaired) electrons. The number of unbranched alkanes of at least 4 members (excludes halogenated alkanes) is 12. The lowest BCUT2D eigenvalue weighted by atomic mass is 10.00. The van der Waals surface area contributed by atoms with E-state index in [0.29, 0.717) is 11.5 Å². The topological polar surface area (TPSA) is 40.5 Å². The van der Waals surface area contributed by atoms with Gasteiger partial charge < -0.3 is 10.2 Å². The van der Waals surface area contributed by atoms with Crippen LogP contribution in [0.5, 0.6) is 11.5 Å². The van der Waals surface area contributed by atoms with Crippen molar-refractivity contribution in [2.75, 3.05) is 0 Å². The molecule has 0 saturated heterocycles. The van der Waals surface area contributed by atoms with E-state index >= 15 is 0 Å². The number of phenolic OH excluding ortho intramolecular Hbond substituents is 2. The molecule has 2 aromatic carbocycles. The van der Waals surface area contributed by atoms with Gasteiger partial charge in [0.05, 0.1) is 0 Å². The van der Waals surface area contributed by atoms with Crippen molar-refractivity contribution in [3.05, 3.63) is 46.5 Å². The average molecular weight is 555 g/mol. The lowest BCUT2D eigenvalue weighted by Gasteiger charge is -2.18. The van der Waals surface area contributed by atoms with Crippen molar-refractivity contribution >= 4 is 11.8 Å². The second-order valence-corrected chi connectivity index (χ2v) is 12.6. The fraction of sp³-hybridized carbons (Fsp3) is 0.667. The molecule has 0 saturated carbocycles. The number of hydrogen-bond donors (Lipinski definition) is 2. The maximum absolute atomic E-state index is 11.2. The molecule has 0 unspecified atom stereocenters. The van der Waals surface area contributed by atoms with E-state index in [1.807, 2.05) is 12.1 Å². The average Bonchev–Trinajstić information content (AvgIpc) is 2.92. The molecule has 0 aliphatic heterocycles. The lowest BCUT2D eigenvalue weighted by Crippen LogP contribution is -1.98. The minimum Gasteiger partial charge on any atom is -0.508 e. The number of phenols is 2. The van der Waals surface area contributed by atoms with Crippen LogP contribution in [0.4, 0.5) is 0 Å². The van der Waals surface area contributed by atoms with Crippen LogP contribution in [-0.2, 0) is 25.7 Å². The van der Waals surface area contributed by atoms with E-state index in [1.165, 1.54) is 111 Å². The Morgan fingerprint density at radius 2 is 0.769 bits per heavy atom. The Hall–Kier alpha value is -1.61. The first-order valence-electron chi connectivity index (χ1n) is 16.4. The van der Waals surface area contributed by atoms with Crippen LogP contribution in [0.25, 0.3) is 0 Å². The molecule has 0 aromatic heterocycles. The quantitative estimate of drug-likeness (QED) is 0.142. The first kappa shape index (κ1) is 33.6. The van der Waals surface area contributed by atoms with Crippen LogP contribution >= 0.6 is 11.8 Å². The molecule has 0 aliphatic rings. The second-order valence-electron chi connectivity index (χ2n) is 11.5. The van der Waals surface area contributed by atoms with Gasteiger partial charge in [0.15, 0.2) is 0 Å². The Bertz CT molecular complexity index is 861. The molecule has 0 atom stereocenters. The van der Waals surface area contributed by atoms with Gasteiger partial charge in [0.25, 0.3) is 0 Å². The summed E-state index contributed by atoms with van der Waals surface area (Å²) < 4.78 is 0. The summed E-state index contributed by atoms with van der Waals surface area (Å²) in [6.07, 6.45) is 23.3. The minimum atomic E-state index is 0.464. The van der Waals surface area contributed by atoms with Crippen LogP contribution in [0, 0.1) is 0 Å². The van der Waals surface area contributed by atoms with E-state index in [0.717, 1.165) is 49.7 Å². The van der Waals surface area contributed by atoms with Crippen molar-refractivity contribution in [3.8, 4) is 11.5 Å². The molecule has 0 heterocycles. The summed E-state index contributed by atoms with van der Waals surface area (Å²) in [4.78, 5) is 2.38. The normalized spacial score (nSPS) is 11.4. The SMILES string of the molecule is CCCCCCc1cc(O)c(CCCCCC)c(Sc2cc(CCCCCC)cc(O)c2CCCCCC)c1. The summed E-state index contributed by atoms with van der Waals surface area (Å²) in [7, 11) is 0. The van der Waals surface area contributed by atoms with Crippen LogP contribution in [0.15, 0.2) is 34.1 Å². The number of benzene rings is 2. The van der Waals surface area contributed by atoms with Crippen molar-refractivity contribution in [2.24, 2.45) is 0 Å². The fourth-order valence-corrected chi connectivity index (χ4v) is 6.75. The summed E-state index contributed by atoms with van der Waals surface area (Å²) >= 11 is 1.79. The Kier molecular flexibility index (Phi) is 17.5. The van der Waals surface area contributed by atoms with Crippen LogP contribution in [0.3, 0.4) is 0 Å². The Balaban J connectivity index is 2.39. The van der Waals surface area contributed by atoms with Crippen LogP contribution in [0.2, 0.25) is 0 Å². The van der Waals surface area contributed by atoms with Gasteiger partial charge in [-0.05, 0) is 86.8 Å². The standard InChI is InChI=1S/C36H58O2S/c1-5-9-13-17-21-29-25-33(37)31(23-19-15-11-7-3)35(27-29)39-36-28-30(22-18-14-10-6-2)26-34(38)32(36)24-20-16-12-8-4/h25-28,37-38H,5-24H2,1-4H3. The highest BCUT2D eigenvalue weighted by molar-refractivity contribution is 7.99. The van der Waals surface area contributed by atoms with Crippen LogP contribution in [0.1, 0.15) is 153 Å². The van der Waals surface area contributed by atoms with E-state index in [9.17, 15) is 10.2 Å². The molecule has 0 bridgehead atoms. The molecule has 0 amide bonds. The van der Waals surface area contributed by atoms with Crippen LogP contribution in [-0.4, -0.2) is 10.2 Å². The van der Waals surface area contributed by atoms with E-state index in [1.54, 1.807) is 11.8 Å². The third kappa shape index (κ3) is 12.6. The zero-order chi connectivity index (χ0) is 28.3. The Morgan fingerprint density at radius 3 is 1.10 bits per heavy atom. The summed E-state index contributed by atoms with van der Waals surface area (Å²) in [5.41, 5.74) is 4.68. The molecular formula is C36H58O2S. The molecule has 2 aromatic rings. The second kappa shape index (κ2) is 20.3. The maximum atomic E-state index is 11.2. The van der Waals surface area contributed by atoms with Gasteiger partial charge in [-0.25, -0.2) is 0 Å². The first-order valence-corrected chi connectivity index (χ1v) is 17.2. The number of aromatic hydroxyl groups is 2. The highest BCUT2D eigenvalue weighted by Gasteiger charge is 2.17. The van der Waals surface area contributed by atoms with Gasteiger partial charge in [0, 0.05) is 20.9 Å². The monoisotopic (exact) mass is 554 g/mol. The van der Waals surface area contributed by atoms with Gasteiger partial charge in [0.1, 0.15) is 11.5 Å². The Morgan fingerprint density at radius 1 is 0.436 bits per heavy atom. The third-order valence-electron chi connectivity index (χ3n) is 7.91. The zero-order valence-electron chi connectivity index (χ0n) is 25.8. The Labute approximate surface area is 245 Å². The molecule has 2 rings (SSSR count). The summed E-state index contributed by atoms with van der Waals surface area (Å²) in [5, 5.41) is 22.4. The van der Waals surface area contributed by atoms with E-state index in [-0.39, 0.29) is 0 Å². The molecule has 0 fully saturated rings. The van der Waals surface area contributed by atoms with Crippen molar-refractivity contribution in [1.82, 2.24) is 0 Å². The molecule has 0 aliphatic carbocycles. The van der Waals surface area contributed by atoms with Gasteiger partial charge >= 0.3 is 0 Å². The lowest BCUT2D eigenvalue weighted by molar-refractivity contribution is 0.462. The zero-order valence-corrected chi connectivity index (χ0v) is 26.6. The van der Waals surface area contributed by atoms with E-state index < -0.39 is 0 Å². The van der Waals surface area contributed by atoms with Gasteiger partial charge in [0.2, 0.25) is 0 Å². The predicted octanol–water partition coefficient (Wildman–Crippen LogP) is 11.7. The van der Waals surface area contributed by atoms with Gasteiger partial charge in [-0.2, -0.15) is 0 Å². The molecule has 2 nitrogen and oxygen atoms in total. The van der Waals surface area contributed by atoms with Crippen molar-refractivity contribution in [3.63, 3.8) is 0 Å². The third-order valence-corrected chi connectivity index (χ3v) is 9.08. The molecule has 39 heavy (non-hydrogen) atoms. The summed E-state index contributed by atoms with van der Waals surface area (Å²) in [6, 6.07) is 8.74. The molecular weight excluding hydrogens is 496 g/mol. The predicted molar refractivity (Wildman–Crippen MR) is 172 cm³/mol. The first-order chi connectivity index (χ1) is 19.0. The van der Waals surface area contributed by atoms with E-state index in [2.05, 4.69) is 39.8 Å². The highest BCUT2D eigenvalue weighted by Crippen LogP contribution is 2.42.